The number of benzene rings is 1. The van der Waals surface area contributed by atoms with Crippen LogP contribution >= 0.6 is 0 Å². The van der Waals surface area contributed by atoms with E-state index in [1.165, 1.54) is 4.31 Å². The molecule has 9 heteroatoms. The molecule has 0 spiro atoms. The van der Waals surface area contributed by atoms with Crippen molar-refractivity contribution in [2.45, 2.75) is 17.9 Å². The van der Waals surface area contributed by atoms with E-state index in [9.17, 15) is 22.9 Å². The molecule has 1 aromatic carbocycles. The second kappa shape index (κ2) is 5.43. The third-order valence-corrected chi connectivity index (χ3v) is 5.22. The Hall–Kier alpha value is -1.58. The first-order valence-corrected chi connectivity index (χ1v) is 7.48. The van der Waals surface area contributed by atoms with Gasteiger partial charge in [0.2, 0.25) is 15.8 Å². The molecule has 0 bridgehead atoms. The van der Waals surface area contributed by atoms with Gasteiger partial charge in [-0.25, -0.2) is 8.42 Å². The lowest BCUT2D eigenvalue weighted by Gasteiger charge is -2.36. The fourth-order valence-electron chi connectivity index (χ4n) is 2.03. The van der Waals surface area contributed by atoms with Crippen LogP contribution in [0.1, 0.15) is 6.92 Å². The quantitative estimate of drug-likeness (QED) is 0.639. The molecule has 110 valence electrons. The summed E-state index contributed by atoms with van der Waals surface area (Å²) in [6.45, 7) is 3.01. The fourth-order valence-corrected chi connectivity index (χ4v) is 3.68. The van der Waals surface area contributed by atoms with Crippen LogP contribution < -0.4 is 5.32 Å². The molecule has 0 atom stereocenters. The lowest BCUT2D eigenvalue weighted by Crippen LogP contribution is -2.58. The van der Waals surface area contributed by atoms with Crippen molar-refractivity contribution in [1.29, 1.82) is 0 Å². The summed E-state index contributed by atoms with van der Waals surface area (Å²) in [5.74, 6) is -1.05. The predicted molar refractivity (Wildman–Crippen MR) is 69.3 cm³/mol. The Kier molecular flexibility index (Phi) is 4.02. The van der Waals surface area contributed by atoms with E-state index in [1.807, 2.05) is 0 Å². The lowest BCUT2D eigenvalue weighted by molar-refractivity contribution is -0.387. The van der Waals surface area contributed by atoms with Crippen molar-refractivity contribution in [3.8, 4) is 0 Å². The molecule has 0 aliphatic carbocycles. The summed E-state index contributed by atoms with van der Waals surface area (Å²) in [5.41, 5.74) is -0.839. The number of nitro benzene ring substituents is 1. The van der Waals surface area contributed by atoms with Gasteiger partial charge < -0.3 is 5.32 Å². The van der Waals surface area contributed by atoms with Gasteiger partial charge in [0, 0.05) is 31.7 Å². The minimum Gasteiger partial charge on any atom is -0.313 e. The maximum Gasteiger partial charge on any atom is 0.306 e. The molecule has 0 amide bonds. The summed E-state index contributed by atoms with van der Waals surface area (Å²) in [7, 11) is -3.86. The first-order chi connectivity index (χ1) is 9.37. The SMILES string of the molecule is CCN(C1CNC1)S(=O)(=O)c1ccc(F)c([N+](=O)[O-])c1. The molecule has 20 heavy (non-hydrogen) atoms. The minimum absolute atomic E-state index is 0.172. The highest BCUT2D eigenvalue weighted by molar-refractivity contribution is 7.89. The molecule has 0 saturated carbocycles. The van der Waals surface area contributed by atoms with Crippen LogP contribution in [-0.2, 0) is 10.0 Å². The number of hydrogen-bond donors (Lipinski definition) is 1. The van der Waals surface area contributed by atoms with Crippen LogP contribution in [0.25, 0.3) is 0 Å². The predicted octanol–water partition coefficient (Wildman–Crippen LogP) is 0.716. The van der Waals surface area contributed by atoms with E-state index in [1.54, 1.807) is 6.92 Å². The molecule has 0 radical (unpaired) electrons. The van der Waals surface area contributed by atoms with Crippen LogP contribution in [0.5, 0.6) is 0 Å². The first kappa shape index (κ1) is 14.8. The van der Waals surface area contributed by atoms with Gasteiger partial charge in [-0.3, -0.25) is 10.1 Å². The summed E-state index contributed by atoms with van der Waals surface area (Å²) in [5, 5.41) is 13.7. The Balaban J connectivity index is 2.43. The molecule has 2 rings (SSSR count). The second-order valence-electron chi connectivity index (χ2n) is 4.39. The first-order valence-electron chi connectivity index (χ1n) is 6.04. The highest BCUT2D eigenvalue weighted by atomic mass is 32.2. The van der Waals surface area contributed by atoms with E-state index in [0.717, 1.165) is 18.2 Å². The smallest absolute Gasteiger partial charge is 0.306 e. The number of nitrogens with zero attached hydrogens (tertiary/aromatic N) is 2. The molecule has 1 heterocycles. The van der Waals surface area contributed by atoms with Gasteiger partial charge in [-0.05, 0) is 12.1 Å². The van der Waals surface area contributed by atoms with Gasteiger partial charge in [0.25, 0.3) is 0 Å². The minimum atomic E-state index is -3.86. The van der Waals surface area contributed by atoms with Crippen LogP contribution in [0.2, 0.25) is 0 Å². The summed E-state index contributed by atoms with van der Waals surface area (Å²) < 4.78 is 39.4. The van der Waals surface area contributed by atoms with Crippen molar-refractivity contribution < 1.29 is 17.7 Å². The van der Waals surface area contributed by atoms with Crippen LogP contribution in [0.15, 0.2) is 23.1 Å². The van der Waals surface area contributed by atoms with Crippen LogP contribution in [0.4, 0.5) is 10.1 Å². The zero-order chi connectivity index (χ0) is 14.9. The fraction of sp³-hybridized carbons (Fsp3) is 0.455. The van der Waals surface area contributed by atoms with E-state index in [-0.39, 0.29) is 17.5 Å². The zero-order valence-electron chi connectivity index (χ0n) is 10.7. The maximum atomic E-state index is 13.3. The Morgan fingerprint density at radius 3 is 2.60 bits per heavy atom. The topological polar surface area (TPSA) is 92.6 Å². The van der Waals surface area contributed by atoms with E-state index in [0.29, 0.717) is 13.1 Å². The van der Waals surface area contributed by atoms with E-state index < -0.39 is 26.5 Å². The van der Waals surface area contributed by atoms with Crippen molar-refractivity contribution in [1.82, 2.24) is 9.62 Å². The number of sulfonamides is 1. The van der Waals surface area contributed by atoms with Gasteiger partial charge in [-0.1, -0.05) is 6.92 Å². The molecule has 7 nitrogen and oxygen atoms in total. The molecular weight excluding hydrogens is 289 g/mol. The molecule has 1 fully saturated rings. The number of nitro groups is 1. The second-order valence-corrected chi connectivity index (χ2v) is 6.28. The zero-order valence-corrected chi connectivity index (χ0v) is 11.6. The number of likely N-dealkylation sites (N-methyl/N-ethyl adjacent to an activating group) is 1. The number of rotatable bonds is 5. The van der Waals surface area contributed by atoms with Crippen LogP contribution in [0, 0.1) is 15.9 Å². The van der Waals surface area contributed by atoms with Crippen LogP contribution in [0.3, 0.4) is 0 Å². The molecule has 1 N–H and O–H groups in total. The van der Waals surface area contributed by atoms with Crippen molar-refractivity contribution in [3.05, 3.63) is 34.1 Å². The highest BCUT2D eigenvalue weighted by Gasteiger charge is 2.34. The lowest BCUT2D eigenvalue weighted by atomic mass is 10.2. The number of hydrogen-bond acceptors (Lipinski definition) is 5. The van der Waals surface area contributed by atoms with Crippen molar-refractivity contribution >= 4 is 15.7 Å². The normalized spacial score (nSPS) is 16.1. The standard InChI is InChI=1S/C11H14FN3O4S/c1-2-14(8-6-13-7-8)20(18,19)9-3-4-10(12)11(5-9)15(16)17/h3-5,8,13H,2,6-7H2,1H3. The Morgan fingerprint density at radius 1 is 1.50 bits per heavy atom. The summed E-state index contributed by atoms with van der Waals surface area (Å²) in [4.78, 5) is 9.49. The molecular formula is C11H14FN3O4S. The third-order valence-electron chi connectivity index (χ3n) is 3.20. The summed E-state index contributed by atoms with van der Waals surface area (Å²) in [6.07, 6.45) is 0. The average molecular weight is 303 g/mol. The van der Waals surface area contributed by atoms with Crippen molar-refractivity contribution in [3.63, 3.8) is 0 Å². The van der Waals surface area contributed by atoms with Gasteiger partial charge in [0.1, 0.15) is 0 Å². The van der Waals surface area contributed by atoms with Gasteiger partial charge in [-0.2, -0.15) is 8.70 Å². The maximum absolute atomic E-state index is 13.3. The number of halogens is 1. The van der Waals surface area contributed by atoms with Gasteiger partial charge in [-0.15, -0.1) is 0 Å². The number of nitrogens with one attached hydrogen (secondary N) is 1. The van der Waals surface area contributed by atoms with E-state index >= 15 is 0 Å². The van der Waals surface area contributed by atoms with Gasteiger partial charge in [0.15, 0.2) is 0 Å². The van der Waals surface area contributed by atoms with E-state index in [4.69, 9.17) is 0 Å². The molecule has 1 aromatic rings. The van der Waals surface area contributed by atoms with E-state index in [2.05, 4.69) is 5.32 Å². The largest absolute Gasteiger partial charge is 0.313 e. The Morgan fingerprint density at radius 2 is 2.15 bits per heavy atom. The molecule has 0 aromatic heterocycles. The molecule has 1 saturated heterocycles. The van der Waals surface area contributed by atoms with Crippen molar-refractivity contribution in [2.75, 3.05) is 19.6 Å². The molecule has 0 unspecified atom stereocenters. The van der Waals surface area contributed by atoms with Crippen molar-refractivity contribution in [2.24, 2.45) is 0 Å². The average Bonchev–Trinajstić information content (AvgIpc) is 2.33. The van der Waals surface area contributed by atoms with Crippen LogP contribution in [-0.4, -0.2) is 43.3 Å². The summed E-state index contributed by atoms with van der Waals surface area (Å²) in [6, 6.07) is 2.44. The Labute approximate surface area is 115 Å². The summed E-state index contributed by atoms with van der Waals surface area (Å²) >= 11 is 0. The highest BCUT2D eigenvalue weighted by Crippen LogP contribution is 2.25. The molecule has 1 aliphatic heterocycles. The molecule has 1 aliphatic rings. The van der Waals surface area contributed by atoms with Gasteiger partial charge in [0.05, 0.1) is 9.82 Å². The monoisotopic (exact) mass is 303 g/mol. The third kappa shape index (κ3) is 2.51. The Bertz CT molecular complexity index is 631. The van der Waals surface area contributed by atoms with Gasteiger partial charge >= 0.3 is 5.69 Å².